The summed E-state index contributed by atoms with van der Waals surface area (Å²) in [5.41, 5.74) is -0.0825. The van der Waals surface area contributed by atoms with E-state index >= 15 is 0 Å². The fraction of sp³-hybridized carbons (Fsp3) is 0.857. The molecule has 2 atom stereocenters. The van der Waals surface area contributed by atoms with E-state index in [9.17, 15) is 9.59 Å². The number of amides is 2. The minimum Gasteiger partial charge on any atom is -0.329 e. The quantitative estimate of drug-likeness (QED) is 0.708. The molecule has 3 rings (SSSR count). The lowest BCUT2D eigenvalue weighted by molar-refractivity contribution is -0.165. The first-order valence-corrected chi connectivity index (χ1v) is 7.18. The zero-order valence-electron chi connectivity index (χ0n) is 11.3. The molecule has 18 heavy (non-hydrogen) atoms. The Bertz CT molecular complexity index is 387. The number of rotatable bonds is 1. The number of nitrogens with zero attached hydrogens (tertiary/aromatic N) is 2. The van der Waals surface area contributed by atoms with Gasteiger partial charge in [-0.2, -0.15) is 0 Å². The summed E-state index contributed by atoms with van der Waals surface area (Å²) in [6.45, 7) is 4.83. The van der Waals surface area contributed by atoms with E-state index in [1.165, 1.54) is 12.8 Å². The van der Waals surface area contributed by atoms with Gasteiger partial charge in [-0.05, 0) is 39.5 Å². The molecule has 2 heterocycles. The molecule has 100 valence electrons. The molecule has 2 amide bonds. The lowest BCUT2D eigenvalue weighted by atomic mass is 9.92. The van der Waals surface area contributed by atoms with Crippen LogP contribution in [0.1, 0.15) is 52.4 Å². The third-order valence-electron chi connectivity index (χ3n) is 5.07. The lowest BCUT2D eigenvalue weighted by Crippen LogP contribution is -2.67. The van der Waals surface area contributed by atoms with Crippen LogP contribution in [0.3, 0.4) is 0 Å². The Hall–Kier alpha value is -1.06. The van der Waals surface area contributed by atoms with Crippen molar-refractivity contribution in [1.29, 1.82) is 0 Å². The molecule has 3 fully saturated rings. The summed E-state index contributed by atoms with van der Waals surface area (Å²) in [6.07, 6.45) is 6.26. The van der Waals surface area contributed by atoms with Crippen molar-refractivity contribution in [2.45, 2.75) is 70.0 Å². The highest BCUT2D eigenvalue weighted by Gasteiger charge is 2.52. The average Bonchev–Trinajstić information content (AvgIpc) is 2.95. The molecule has 1 aliphatic carbocycles. The number of carbonyl (C=O) groups excluding carboxylic acids is 2. The second kappa shape index (κ2) is 3.97. The Morgan fingerprint density at radius 3 is 2.44 bits per heavy atom. The smallest absolute Gasteiger partial charge is 0.246 e. The van der Waals surface area contributed by atoms with Crippen molar-refractivity contribution in [3.05, 3.63) is 0 Å². The van der Waals surface area contributed by atoms with Gasteiger partial charge in [-0.15, -0.1) is 0 Å². The first kappa shape index (κ1) is 12.0. The van der Waals surface area contributed by atoms with Gasteiger partial charge >= 0.3 is 0 Å². The van der Waals surface area contributed by atoms with Crippen molar-refractivity contribution >= 4 is 11.8 Å². The van der Waals surface area contributed by atoms with Crippen molar-refractivity contribution in [3.8, 4) is 0 Å². The van der Waals surface area contributed by atoms with Crippen LogP contribution in [0, 0.1) is 0 Å². The molecule has 0 aromatic heterocycles. The predicted octanol–water partition coefficient (Wildman–Crippen LogP) is 1.54. The molecule has 0 spiro atoms. The molecular formula is C14H22N2O2. The van der Waals surface area contributed by atoms with Crippen LogP contribution >= 0.6 is 0 Å². The number of hydrogen-bond acceptors (Lipinski definition) is 2. The van der Waals surface area contributed by atoms with Gasteiger partial charge in [0.2, 0.25) is 11.8 Å². The van der Waals surface area contributed by atoms with Crippen molar-refractivity contribution in [2.24, 2.45) is 0 Å². The summed E-state index contributed by atoms with van der Waals surface area (Å²) in [5.74, 6) is 0.356. The maximum atomic E-state index is 12.7. The van der Waals surface area contributed by atoms with E-state index in [-0.39, 0.29) is 29.4 Å². The SMILES string of the molecule is CC1C(=O)N2CCCC2C(=O)N1C1(C)CCCC1. The van der Waals surface area contributed by atoms with Crippen LogP contribution in [0.4, 0.5) is 0 Å². The highest BCUT2D eigenvalue weighted by atomic mass is 16.2. The molecule has 2 saturated heterocycles. The number of fused-ring (bicyclic) bond motifs is 1. The highest BCUT2D eigenvalue weighted by Crippen LogP contribution is 2.40. The molecule has 4 heteroatoms. The summed E-state index contributed by atoms with van der Waals surface area (Å²) >= 11 is 0. The Kier molecular flexibility index (Phi) is 2.65. The van der Waals surface area contributed by atoms with Crippen molar-refractivity contribution in [1.82, 2.24) is 9.80 Å². The van der Waals surface area contributed by atoms with Crippen LogP contribution in [0.5, 0.6) is 0 Å². The maximum absolute atomic E-state index is 12.7. The van der Waals surface area contributed by atoms with E-state index in [4.69, 9.17) is 0 Å². The van der Waals surface area contributed by atoms with Gasteiger partial charge in [0.25, 0.3) is 0 Å². The molecule has 0 N–H and O–H groups in total. The average molecular weight is 250 g/mol. The number of hydrogen-bond donors (Lipinski definition) is 0. The van der Waals surface area contributed by atoms with Crippen LogP contribution < -0.4 is 0 Å². The van der Waals surface area contributed by atoms with Gasteiger partial charge in [0.05, 0.1) is 0 Å². The summed E-state index contributed by atoms with van der Waals surface area (Å²) < 4.78 is 0. The number of carbonyl (C=O) groups is 2. The largest absolute Gasteiger partial charge is 0.329 e. The molecule has 0 aromatic carbocycles. The van der Waals surface area contributed by atoms with Crippen LogP contribution in [0.2, 0.25) is 0 Å². The van der Waals surface area contributed by atoms with Gasteiger partial charge in [0.1, 0.15) is 12.1 Å². The molecule has 3 aliphatic rings. The Morgan fingerprint density at radius 1 is 1.11 bits per heavy atom. The van der Waals surface area contributed by atoms with Crippen molar-refractivity contribution < 1.29 is 9.59 Å². The molecule has 2 aliphatic heterocycles. The summed E-state index contributed by atoms with van der Waals surface area (Å²) in [6, 6.07) is -0.430. The summed E-state index contributed by atoms with van der Waals surface area (Å²) in [7, 11) is 0. The zero-order chi connectivity index (χ0) is 12.9. The van der Waals surface area contributed by atoms with Gasteiger partial charge < -0.3 is 9.80 Å². The summed E-state index contributed by atoms with van der Waals surface area (Å²) in [4.78, 5) is 28.8. The molecule has 0 bridgehead atoms. The maximum Gasteiger partial charge on any atom is 0.246 e. The first-order chi connectivity index (χ1) is 8.54. The first-order valence-electron chi connectivity index (χ1n) is 7.18. The lowest BCUT2D eigenvalue weighted by Gasteiger charge is -2.48. The van der Waals surface area contributed by atoms with E-state index in [2.05, 4.69) is 6.92 Å². The third kappa shape index (κ3) is 1.50. The Morgan fingerprint density at radius 2 is 1.78 bits per heavy atom. The van der Waals surface area contributed by atoms with E-state index in [1.807, 2.05) is 16.7 Å². The van der Waals surface area contributed by atoms with E-state index in [1.54, 1.807) is 0 Å². The van der Waals surface area contributed by atoms with E-state index in [0.29, 0.717) is 0 Å². The molecule has 0 aromatic rings. The van der Waals surface area contributed by atoms with E-state index in [0.717, 1.165) is 32.2 Å². The van der Waals surface area contributed by atoms with Gasteiger partial charge in [0.15, 0.2) is 0 Å². The standard InChI is InChI=1S/C14H22N2O2/c1-10-12(17)15-9-5-6-11(15)13(18)16(10)14(2)7-3-4-8-14/h10-11H,3-9H2,1-2H3. The topological polar surface area (TPSA) is 40.6 Å². The van der Waals surface area contributed by atoms with Gasteiger partial charge in [-0.1, -0.05) is 12.8 Å². The Labute approximate surface area is 108 Å². The molecule has 1 saturated carbocycles. The molecular weight excluding hydrogens is 228 g/mol. The van der Waals surface area contributed by atoms with Crippen molar-refractivity contribution in [3.63, 3.8) is 0 Å². The fourth-order valence-corrected chi connectivity index (χ4v) is 4.10. The minimum atomic E-state index is -0.269. The van der Waals surface area contributed by atoms with Gasteiger partial charge in [-0.25, -0.2) is 0 Å². The second-order valence-corrected chi connectivity index (χ2v) is 6.28. The molecule has 4 nitrogen and oxygen atoms in total. The summed E-state index contributed by atoms with van der Waals surface area (Å²) in [5, 5.41) is 0. The van der Waals surface area contributed by atoms with Crippen LogP contribution in [-0.4, -0.2) is 45.8 Å². The normalized spacial score (nSPS) is 35.2. The molecule has 0 radical (unpaired) electrons. The van der Waals surface area contributed by atoms with Crippen molar-refractivity contribution in [2.75, 3.05) is 6.54 Å². The highest BCUT2D eigenvalue weighted by molar-refractivity contribution is 5.97. The van der Waals surface area contributed by atoms with Crippen LogP contribution in [0.25, 0.3) is 0 Å². The van der Waals surface area contributed by atoms with E-state index < -0.39 is 0 Å². The Balaban J connectivity index is 1.93. The zero-order valence-corrected chi connectivity index (χ0v) is 11.3. The van der Waals surface area contributed by atoms with Crippen LogP contribution in [0.15, 0.2) is 0 Å². The number of piperazine rings is 1. The predicted molar refractivity (Wildman–Crippen MR) is 67.9 cm³/mol. The van der Waals surface area contributed by atoms with Gasteiger partial charge in [-0.3, -0.25) is 9.59 Å². The monoisotopic (exact) mass is 250 g/mol. The van der Waals surface area contributed by atoms with Gasteiger partial charge in [0, 0.05) is 12.1 Å². The molecule has 2 unspecified atom stereocenters. The van der Waals surface area contributed by atoms with Crippen LogP contribution in [-0.2, 0) is 9.59 Å². The minimum absolute atomic E-state index is 0.0825. The second-order valence-electron chi connectivity index (χ2n) is 6.28. The third-order valence-corrected chi connectivity index (χ3v) is 5.07. The fourth-order valence-electron chi connectivity index (χ4n) is 4.10.